The smallest absolute Gasteiger partial charge is 0.423 e. The minimum atomic E-state index is -1.47. The Hall–Kier alpha value is -1.43. The summed E-state index contributed by atoms with van der Waals surface area (Å²) in [6.45, 7) is 0.610. The van der Waals surface area contributed by atoms with E-state index in [9.17, 15) is 0 Å². The van der Waals surface area contributed by atoms with Crippen LogP contribution in [-0.4, -0.2) is 28.7 Å². The highest BCUT2D eigenvalue weighted by atomic mass is 16.4. The van der Waals surface area contributed by atoms with Crippen LogP contribution in [-0.2, 0) is 6.42 Å². The van der Waals surface area contributed by atoms with E-state index >= 15 is 0 Å². The number of hydrogen-bond acceptors (Lipinski definition) is 4. The van der Waals surface area contributed by atoms with Crippen LogP contribution in [0.15, 0.2) is 30.5 Å². The highest BCUT2D eigenvalue weighted by Crippen LogP contribution is 2.12. The van der Waals surface area contributed by atoms with Crippen LogP contribution in [0.2, 0.25) is 0 Å². The second-order valence-corrected chi connectivity index (χ2v) is 3.71. The lowest BCUT2D eigenvalue weighted by atomic mass is 9.81. The Labute approximate surface area is 93.9 Å². The molecule has 0 atom stereocenters. The third kappa shape index (κ3) is 2.22. The summed E-state index contributed by atoms with van der Waals surface area (Å²) < 4.78 is 0. The SMILES string of the molecule is NCCc1ccc2cc(B(O)O)cnc2c1. The minimum absolute atomic E-state index is 0.402. The maximum absolute atomic E-state index is 9.02. The molecule has 0 aliphatic carbocycles. The van der Waals surface area contributed by atoms with Crippen LogP contribution in [0.5, 0.6) is 0 Å². The van der Waals surface area contributed by atoms with Crippen molar-refractivity contribution < 1.29 is 10.0 Å². The van der Waals surface area contributed by atoms with E-state index in [2.05, 4.69) is 4.98 Å². The monoisotopic (exact) mass is 216 g/mol. The highest BCUT2D eigenvalue weighted by molar-refractivity contribution is 6.58. The zero-order valence-electron chi connectivity index (χ0n) is 8.80. The molecule has 1 aromatic carbocycles. The molecule has 1 aromatic heterocycles. The van der Waals surface area contributed by atoms with Crippen LogP contribution in [0.1, 0.15) is 5.56 Å². The number of benzene rings is 1. The first-order chi connectivity index (χ1) is 7.70. The van der Waals surface area contributed by atoms with Gasteiger partial charge in [0.05, 0.1) is 5.52 Å². The lowest BCUT2D eigenvalue weighted by Gasteiger charge is -2.04. The molecule has 4 nitrogen and oxygen atoms in total. The number of rotatable bonds is 3. The average Bonchev–Trinajstić information content (AvgIpc) is 2.28. The molecule has 0 aliphatic heterocycles. The predicted molar refractivity (Wildman–Crippen MR) is 64.3 cm³/mol. The van der Waals surface area contributed by atoms with E-state index in [0.29, 0.717) is 12.0 Å². The largest absolute Gasteiger partial charge is 0.490 e. The Balaban J connectivity index is 2.44. The standard InChI is InChI=1S/C11H13BN2O2/c13-4-3-8-1-2-9-6-10(12(15)16)7-14-11(9)5-8/h1-2,5-7,15-16H,3-4,13H2. The summed E-state index contributed by atoms with van der Waals surface area (Å²) >= 11 is 0. The number of fused-ring (bicyclic) bond motifs is 1. The molecular formula is C11H13BN2O2. The molecule has 0 fully saturated rings. The van der Waals surface area contributed by atoms with Crippen molar-refractivity contribution in [2.45, 2.75) is 6.42 Å². The van der Waals surface area contributed by atoms with E-state index in [-0.39, 0.29) is 0 Å². The first-order valence-electron chi connectivity index (χ1n) is 5.15. The number of pyridine rings is 1. The van der Waals surface area contributed by atoms with Crippen LogP contribution in [0.4, 0.5) is 0 Å². The molecule has 2 aromatic rings. The van der Waals surface area contributed by atoms with Crippen LogP contribution in [0, 0.1) is 0 Å². The summed E-state index contributed by atoms with van der Waals surface area (Å²) in [6, 6.07) is 7.58. The van der Waals surface area contributed by atoms with Gasteiger partial charge in [-0.3, -0.25) is 4.98 Å². The molecule has 1 heterocycles. The van der Waals surface area contributed by atoms with Gasteiger partial charge in [0.25, 0.3) is 0 Å². The summed E-state index contributed by atoms with van der Waals surface area (Å²) in [5.41, 5.74) is 7.87. The summed E-state index contributed by atoms with van der Waals surface area (Å²) in [5.74, 6) is 0. The van der Waals surface area contributed by atoms with Crippen LogP contribution >= 0.6 is 0 Å². The maximum atomic E-state index is 9.02. The average molecular weight is 216 g/mol. The predicted octanol–water partition coefficient (Wildman–Crippen LogP) is -0.584. The Kier molecular flexibility index (Phi) is 3.19. The quantitative estimate of drug-likeness (QED) is 0.599. The molecule has 0 amide bonds. The Bertz CT molecular complexity index is 502. The summed E-state index contributed by atoms with van der Waals surface area (Å²) in [7, 11) is -1.47. The number of nitrogens with two attached hydrogens (primary N) is 1. The van der Waals surface area contributed by atoms with Crippen LogP contribution < -0.4 is 11.2 Å². The van der Waals surface area contributed by atoms with Gasteiger partial charge in [0.15, 0.2) is 0 Å². The molecule has 82 valence electrons. The number of aromatic nitrogens is 1. The van der Waals surface area contributed by atoms with Gasteiger partial charge >= 0.3 is 7.12 Å². The topological polar surface area (TPSA) is 79.4 Å². The molecule has 0 spiro atoms. The molecule has 16 heavy (non-hydrogen) atoms. The second kappa shape index (κ2) is 4.61. The van der Waals surface area contributed by atoms with Gasteiger partial charge in [0, 0.05) is 11.7 Å². The summed E-state index contributed by atoms with van der Waals surface area (Å²) in [6.07, 6.45) is 2.29. The maximum Gasteiger partial charge on any atom is 0.490 e. The number of nitrogens with zero attached hydrogens (tertiary/aromatic N) is 1. The fourth-order valence-electron chi connectivity index (χ4n) is 1.65. The van der Waals surface area contributed by atoms with E-state index in [1.165, 1.54) is 6.20 Å². The third-order valence-corrected chi connectivity index (χ3v) is 2.50. The van der Waals surface area contributed by atoms with Gasteiger partial charge in [-0.2, -0.15) is 0 Å². The van der Waals surface area contributed by atoms with E-state index in [1.807, 2.05) is 18.2 Å². The van der Waals surface area contributed by atoms with Gasteiger partial charge in [0.1, 0.15) is 0 Å². The van der Waals surface area contributed by atoms with Crippen molar-refractivity contribution in [3.8, 4) is 0 Å². The van der Waals surface area contributed by atoms with Crippen molar-refractivity contribution in [3.05, 3.63) is 36.0 Å². The van der Waals surface area contributed by atoms with Crippen molar-refractivity contribution in [2.75, 3.05) is 6.54 Å². The first-order valence-corrected chi connectivity index (χ1v) is 5.15. The van der Waals surface area contributed by atoms with Crippen LogP contribution in [0.3, 0.4) is 0 Å². The second-order valence-electron chi connectivity index (χ2n) is 3.71. The third-order valence-electron chi connectivity index (χ3n) is 2.50. The summed E-state index contributed by atoms with van der Waals surface area (Å²) in [5, 5.41) is 18.9. The molecule has 0 aliphatic rings. The van der Waals surface area contributed by atoms with Crippen molar-refractivity contribution >= 4 is 23.5 Å². The van der Waals surface area contributed by atoms with E-state index < -0.39 is 7.12 Å². The van der Waals surface area contributed by atoms with Crippen LogP contribution in [0.25, 0.3) is 10.9 Å². The zero-order valence-corrected chi connectivity index (χ0v) is 8.80. The Morgan fingerprint density at radius 3 is 2.75 bits per heavy atom. The van der Waals surface area contributed by atoms with Gasteiger partial charge in [-0.15, -0.1) is 0 Å². The highest BCUT2D eigenvalue weighted by Gasteiger charge is 2.11. The zero-order chi connectivity index (χ0) is 11.5. The van der Waals surface area contributed by atoms with Gasteiger partial charge < -0.3 is 15.8 Å². The lowest BCUT2D eigenvalue weighted by Crippen LogP contribution is -2.29. The van der Waals surface area contributed by atoms with Crippen molar-refractivity contribution in [1.82, 2.24) is 4.98 Å². The number of hydrogen-bond donors (Lipinski definition) is 3. The Morgan fingerprint density at radius 1 is 1.25 bits per heavy atom. The lowest BCUT2D eigenvalue weighted by molar-refractivity contribution is 0.425. The van der Waals surface area contributed by atoms with E-state index in [1.54, 1.807) is 6.07 Å². The normalized spacial score (nSPS) is 10.7. The van der Waals surface area contributed by atoms with Crippen molar-refractivity contribution in [1.29, 1.82) is 0 Å². The molecule has 0 saturated carbocycles. The van der Waals surface area contributed by atoms with Gasteiger partial charge in [-0.1, -0.05) is 18.2 Å². The molecular weight excluding hydrogens is 203 g/mol. The van der Waals surface area contributed by atoms with E-state index in [0.717, 1.165) is 22.9 Å². The molecule has 0 saturated heterocycles. The van der Waals surface area contributed by atoms with E-state index in [4.69, 9.17) is 15.8 Å². The molecule has 4 N–H and O–H groups in total. The minimum Gasteiger partial charge on any atom is -0.423 e. The fourth-order valence-corrected chi connectivity index (χ4v) is 1.65. The molecule has 2 rings (SSSR count). The molecule has 5 heteroatoms. The van der Waals surface area contributed by atoms with Gasteiger partial charge in [-0.05, 0) is 30.0 Å². The van der Waals surface area contributed by atoms with Crippen molar-refractivity contribution in [3.63, 3.8) is 0 Å². The van der Waals surface area contributed by atoms with Gasteiger partial charge in [0.2, 0.25) is 0 Å². The molecule has 0 bridgehead atoms. The summed E-state index contributed by atoms with van der Waals surface area (Å²) in [4.78, 5) is 4.18. The van der Waals surface area contributed by atoms with Gasteiger partial charge in [-0.25, -0.2) is 0 Å². The Morgan fingerprint density at radius 2 is 2.06 bits per heavy atom. The fraction of sp³-hybridized carbons (Fsp3) is 0.182. The first kappa shape index (κ1) is 11.1. The molecule has 0 unspecified atom stereocenters. The molecule has 0 radical (unpaired) electrons. The van der Waals surface area contributed by atoms with Crippen molar-refractivity contribution in [2.24, 2.45) is 5.73 Å².